The van der Waals surface area contributed by atoms with Gasteiger partial charge in [-0.1, -0.05) is 196 Å². The highest BCUT2D eigenvalue weighted by Gasteiger charge is 2.48. The van der Waals surface area contributed by atoms with Crippen LogP contribution in [0.1, 0.15) is 54.5 Å². The Morgan fingerprint density at radius 2 is 0.983 bits per heavy atom. The molecular weight excluding hydrogens is 711 g/mol. The number of fused-ring (bicyclic) bond motifs is 6. The van der Waals surface area contributed by atoms with Crippen molar-refractivity contribution in [2.45, 2.75) is 37.5 Å². The van der Waals surface area contributed by atoms with Crippen LogP contribution >= 0.6 is 0 Å². The fourth-order valence-electron chi connectivity index (χ4n) is 10.4. The van der Waals surface area contributed by atoms with E-state index in [1.807, 2.05) is 0 Å². The third-order valence-electron chi connectivity index (χ3n) is 13.2. The molecule has 59 heavy (non-hydrogen) atoms. The molecule has 0 aromatic heterocycles. The van der Waals surface area contributed by atoms with Gasteiger partial charge in [0, 0.05) is 22.4 Å². The Labute approximate surface area is 348 Å². The van der Waals surface area contributed by atoms with E-state index in [1.165, 1.54) is 83.6 Å². The van der Waals surface area contributed by atoms with Crippen molar-refractivity contribution in [2.75, 3.05) is 4.90 Å². The number of hydrogen-bond acceptors (Lipinski definition) is 1. The summed E-state index contributed by atoms with van der Waals surface area (Å²) in [5.41, 5.74) is 21.1. The molecule has 0 saturated heterocycles. The lowest BCUT2D eigenvalue weighted by Gasteiger charge is -2.36. The van der Waals surface area contributed by atoms with E-state index < -0.39 is 5.41 Å². The van der Waals surface area contributed by atoms with E-state index in [2.05, 4.69) is 231 Å². The average molecular weight is 756 g/mol. The van der Waals surface area contributed by atoms with Gasteiger partial charge in [-0.15, -0.1) is 0 Å². The first-order valence-electron chi connectivity index (χ1n) is 21.0. The molecule has 3 aliphatic carbocycles. The van der Waals surface area contributed by atoms with Gasteiger partial charge in [-0.2, -0.15) is 0 Å². The average Bonchev–Trinajstić information content (AvgIpc) is 3.74. The normalized spacial score (nSPS) is 16.7. The molecule has 0 bridgehead atoms. The van der Waals surface area contributed by atoms with Gasteiger partial charge >= 0.3 is 0 Å². The second-order valence-electron chi connectivity index (χ2n) is 16.7. The predicted octanol–water partition coefficient (Wildman–Crippen LogP) is 15.4. The Kier molecular flexibility index (Phi) is 8.27. The van der Waals surface area contributed by atoms with E-state index in [0.717, 1.165) is 24.2 Å². The highest BCUT2D eigenvalue weighted by molar-refractivity contribution is 5.98. The molecule has 3 aliphatic rings. The van der Waals surface area contributed by atoms with Gasteiger partial charge in [-0.3, -0.25) is 0 Å². The number of hydrogen-bond donors (Lipinski definition) is 0. The quantitative estimate of drug-likeness (QED) is 0.157. The molecule has 0 fully saturated rings. The third kappa shape index (κ3) is 5.45. The first-order valence-corrected chi connectivity index (χ1v) is 21.0. The van der Waals surface area contributed by atoms with Crippen molar-refractivity contribution in [2.24, 2.45) is 0 Å². The molecule has 0 radical (unpaired) electrons. The van der Waals surface area contributed by atoms with Crippen LogP contribution in [0, 0.1) is 0 Å². The molecule has 11 rings (SSSR count). The first kappa shape index (κ1) is 35.2. The summed E-state index contributed by atoms with van der Waals surface area (Å²) in [5, 5.41) is 0. The van der Waals surface area contributed by atoms with Gasteiger partial charge in [-0.25, -0.2) is 0 Å². The van der Waals surface area contributed by atoms with Crippen LogP contribution in [0.3, 0.4) is 0 Å². The largest absolute Gasteiger partial charge is 0.310 e. The summed E-state index contributed by atoms with van der Waals surface area (Å²) in [4.78, 5) is 2.52. The van der Waals surface area contributed by atoms with Gasteiger partial charge in [0.2, 0.25) is 0 Å². The van der Waals surface area contributed by atoms with E-state index in [4.69, 9.17) is 0 Å². The molecule has 0 saturated carbocycles. The standard InChI is InChI=1S/C58H45N/c1-57(2)51-25-14-12-23-48(51)49-38-37-47(39-54(49)57)59(46-35-33-43(34-36-46)42-31-29-41(30-32-42)40-17-6-3-7-18-40)55-28-16-27-53-56(55)50-24-13-15-26-52(50)58(53,44-19-8-4-9-20-44)45-21-10-5-11-22-45/h3-4,6-10,12-39H,5,11H2,1-2H3. The maximum atomic E-state index is 2.52. The van der Waals surface area contributed by atoms with Crippen molar-refractivity contribution in [3.8, 4) is 44.5 Å². The molecule has 1 nitrogen and oxygen atoms in total. The van der Waals surface area contributed by atoms with Crippen molar-refractivity contribution in [3.05, 3.63) is 246 Å². The summed E-state index contributed by atoms with van der Waals surface area (Å²) < 4.78 is 0. The Hall–Kier alpha value is -6.96. The Morgan fingerprint density at radius 1 is 0.424 bits per heavy atom. The molecule has 8 aromatic rings. The van der Waals surface area contributed by atoms with Gasteiger partial charge in [0.25, 0.3) is 0 Å². The SMILES string of the molecule is CC1(C)c2ccccc2-c2ccc(N(c3ccc(-c4ccc(-c5ccccc5)cc4)cc3)c3cccc4c3-c3ccccc3C4(C3=CCCC=C3)c3ccccc3)cc21. The molecule has 1 heteroatoms. The molecule has 0 heterocycles. The highest BCUT2D eigenvalue weighted by Crippen LogP contribution is 2.60. The number of benzene rings is 8. The zero-order chi connectivity index (χ0) is 39.6. The number of nitrogens with zero attached hydrogens (tertiary/aromatic N) is 1. The summed E-state index contributed by atoms with van der Waals surface area (Å²) in [7, 11) is 0. The Bertz CT molecular complexity index is 2930. The van der Waals surface area contributed by atoms with Crippen molar-refractivity contribution in [1.29, 1.82) is 0 Å². The lowest BCUT2D eigenvalue weighted by Crippen LogP contribution is -2.29. The molecule has 0 aliphatic heterocycles. The van der Waals surface area contributed by atoms with Crippen LogP contribution in [0.5, 0.6) is 0 Å². The van der Waals surface area contributed by atoms with Crippen LogP contribution in [0.15, 0.2) is 218 Å². The number of rotatable bonds is 7. The first-order chi connectivity index (χ1) is 29.0. The van der Waals surface area contributed by atoms with Crippen LogP contribution in [-0.2, 0) is 10.8 Å². The molecule has 1 atom stereocenters. The number of anilines is 3. The highest BCUT2D eigenvalue weighted by atomic mass is 15.1. The topological polar surface area (TPSA) is 3.24 Å². The van der Waals surface area contributed by atoms with Crippen molar-refractivity contribution >= 4 is 17.1 Å². The van der Waals surface area contributed by atoms with Gasteiger partial charge in [-0.05, 0) is 116 Å². The lowest BCUT2D eigenvalue weighted by atomic mass is 9.66. The van der Waals surface area contributed by atoms with Crippen LogP contribution in [-0.4, -0.2) is 0 Å². The Balaban J connectivity index is 1.12. The van der Waals surface area contributed by atoms with Gasteiger partial charge in [0.15, 0.2) is 0 Å². The van der Waals surface area contributed by atoms with Gasteiger partial charge in [0.1, 0.15) is 0 Å². The minimum absolute atomic E-state index is 0.128. The van der Waals surface area contributed by atoms with E-state index >= 15 is 0 Å². The molecule has 0 amide bonds. The monoisotopic (exact) mass is 755 g/mol. The third-order valence-corrected chi connectivity index (χ3v) is 13.2. The van der Waals surface area contributed by atoms with Crippen LogP contribution in [0.25, 0.3) is 44.5 Å². The second-order valence-corrected chi connectivity index (χ2v) is 16.7. The summed E-state index contributed by atoms with van der Waals surface area (Å²) in [6, 6.07) is 72.2. The summed E-state index contributed by atoms with van der Waals surface area (Å²) in [6.45, 7) is 4.75. The van der Waals surface area contributed by atoms with Crippen molar-refractivity contribution in [1.82, 2.24) is 0 Å². The summed E-state index contributed by atoms with van der Waals surface area (Å²) in [5.74, 6) is 0. The maximum absolute atomic E-state index is 2.52. The number of allylic oxidation sites excluding steroid dienone is 4. The zero-order valence-electron chi connectivity index (χ0n) is 33.6. The summed E-state index contributed by atoms with van der Waals surface area (Å²) >= 11 is 0. The predicted molar refractivity (Wildman–Crippen MR) is 248 cm³/mol. The maximum Gasteiger partial charge on any atom is 0.0711 e. The van der Waals surface area contributed by atoms with E-state index in [-0.39, 0.29) is 5.41 Å². The van der Waals surface area contributed by atoms with Crippen LogP contribution < -0.4 is 4.90 Å². The molecular formula is C58H45N. The minimum Gasteiger partial charge on any atom is -0.310 e. The molecule has 0 N–H and O–H groups in total. The molecule has 0 spiro atoms. The Morgan fingerprint density at radius 3 is 1.68 bits per heavy atom. The van der Waals surface area contributed by atoms with E-state index in [9.17, 15) is 0 Å². The fourth-order valence-corrected chi connectivity index (χ4v) is 10.4. The van der Waals surface area contributed by atoms with Gasteiger partial charge in [0.05, 0.1) is 11.1 Å². The minimum atomic E-state index is -0.441. The second kappa shape index (κ2) is 13.9. The van der Waals surface area contributed by atoms with E-state index in [0.29, 0.717) is 0 Å². The molecule has 8 aromatic carbocycles. The fraction of sp³-hybridized carbons (Fsp3) is 0.103. The smallest absolute Gasteiger partial charge is 0.0711 e. The lowest BCUT2D eigenvalue weighted by molar-refractivity contribution is 0.660. The molecule has 1 unspecified atom stereocenters. The van der Waals surface area contributed by atoms with Crippen LogP contribution in [0.4, 0.5) is 17.1 Å². The van der Waals surface area contributed by atoms with Gasteiger partial charge < -0.3 is 4.90 Å². The van der Waals surface area contributed by atoms with Crippen molar-refractivity contribution in [3.63, 3.8) is 0 Å². The summed E-state index contributed by atoms with van der Waals surface area (Å²) in [6.07, 6.45) is 9.34. The van der Waals surface area contributed by atoms with Crippen molar-refractivity contribution < 1.29 is 0 Å². The zero-order valence-corrected chi connectivity index (χ0v) is 33.6. The van der Waals surface area contributed by atoms with Crippen LogP contribution in [0.2, 0.25) is 0 Å². The molecule has 282 valence electrons. The van der Waals surface area contributed by atoms with E-state index in [1.54, 1.807) is 0 Å².